The van der Waals surface area contributed by atoms with Crippen LogP contribution in [0.15, 0.2) is 84.9 Å². The summed E-state index contributed by atoms with van der Waals surface area (Å²) in [5, 5.41) is 2.20. The molecule has 0 saturated carbocycles. The number of hydrogen-bond donors (Lipinski definition) is 0. The van der Waals surface area contributed by atoms with Gasteiger partial charge in [0, 0.05) is 40.6 Å². The third kappa shape index (κ3) is 4.79. The molecule has 0 aromatic heterocycles. The standard InChI is InChI=1S/C43H43NO5/c1-7-27-8-17-32-36(24-27)42(2,3)40-33-18-19-43(28-9-13-30(45-4)14-10-28,29-11-15-31(46-5)16-12-29)49-41(33)35-26-38(47-6)37(25-34(35)39(32)40)44-20-22-48-23-21-44/h8-19,24-26H,7,20-23H2,1-6H3. The summed E-state index contributed by atoms with van der Waals surface area (Å²) in [4.78, 5) is 2.38. The molecule has 3 aliphatic rings. The van der Waals surface area contributed by atoms with Crippen molar-refractivity contribution < 1.29 is 23.7 Å². The molecule has 6 heteroatoms. The topological polar surface area (TPSA) is 49.4 Å². The second kappa shape index (κ2) is 11.9. The zero-order valence-corrected chi connectivity index (χ0v) is 29.2. The van der Waals surface area contributed by atoms with Crippen LogP contribution in [0.1, 0.15) is 54.2 Å². The Kier molecular flexibility index (Phi) is 7.60. The van der Waals surface area contributed by atoms with Gasteiger partial charge in [-0.3, -0.25) is 0 Å². The number of anilines is 1. The molecule has 0 atom stereocenters. The van der Waals surface area contributed by atoms with Gasteiger partial charge < -0.3 is 28.6 Å². The zero-order valence-electron chi connectivity index (χ0n) is 29.2. The van der Waals surface area contributed by atoms with Crippen molar-refractivity contribution in [1.29, 1.82) is 0 Å². The van der Waals surface area contributed by atoms with Crippen LogP contribution in [0, 0.1) is 0 Å². The molecular formula is C43H43NO5. The van der Waals surface area contributed by atoms with E-state index in [-0.39, 0.29) is 5.41 Å². The molecule has 0 spiro atoms. The number of fused-ring (bicyclic) bond motifs is 8. The van der Waals surface area contributed by atoms with E-state index in [0.717, 1.165) is 70.3 Å². The Bertz CT molecular complexity index is 2040. The maximum atomic E-state index is 7.54. The number of benzene rings is 5. The molecular weight excluding hydrogens is 610 g/mol. The number of aryl methyl sites for hydroxylation is 1. The quantitative estimate of drug-likeness (QED) is 0.175. The van der Waals surface area contributed by atoms with Crippen LogP contribution < -0.4 is 23.8 Å². The van der Waals surface area contributed by atoms with Crippen LogP contribution >= 0.6 is 0 Å². The summed E-state index contributed by atoms with van der Waals surface area (Å²) < 4.78 is 30.5. The third-order valence-electron chi connectivity index (χ3n) is 10.8. The molecule has 8 rings (SSSR count). The highest BCUT2D eigenvalue weighted by Crippen LogP contribution is 2.59. The number of hydrogen-bond acceptors (Lipinski definition) is 6. The molecule has 49 heavy (non-hydrogen) atoms. The SMILES string of the molecule is CCc1ccc2c(c1)C(C)(C)c1c3c(c4cc(OC)c(N5CCOCC5)cc4c1-2)OC(c1ccc(OC)cc1)(c1ccc(OC)cc1)C=C3. The number of nitrogens with zero attached hydrogens (tertiary/aromatic N) is 1. The van der Waals surface area contributed by atoms with E-state index in [2.05, 4.69) is 92.4 Å². The van der Waals surface area contributed by atoms with Crippen LogP contribution in [-0.2, 0) is 22.2 Å². The largest absolute Gasteiger partial charge is 0.497 e. The molecule has 5 aromatic carbocycles. The van der Waals surface area contributed by atoms with Gasteiger partial charge in [-0.2, -0.15) is 0 Å². The molecule has 1 fully saturated rings. The fourth-order valence-electron chi connectivity index (χ4n) is 8.13. The summed E-state index contributed by atoms with van der Waals surface area (Å²) in [6.45, 7) is 9.96. The van der Waals surface area contributed by atoms with Gasteiger partial charge in [0.05, 0.1) is 40.2 Å². The highest BCUT2D eigenvalue weighted by atomic mass is 16.5. The number of methoxy groups -OCH3 is 3. The Morgan fingerprint density at radius 3 is 2.00 bits per heavy atom. The van der Waals surface area contributed by atoms with Gasteiger partial charge in [-0.1, -0.05) is 69.3 Å². The van der Waals surface area contributed by atoms with Crippen molar-refractivity contribution >= 4 is 22.5 Å². The van der Waals surface area contributed by atoms with Crippen LogP contribution in [0.25, 0.3) is 28.0 Å². The van der Waals surface area contributed by atoms with Crippen LogP contribution in [0.5, 0.6) is 23.0 Å². The van der Waals surface area contributed by atoms with Crippen LogP contribution in [0.3, 0.4) is 0 Å². The first-order valence-electron chi connectivity index (χ1n) is 17.2. The lowest BCUT2D eigenvalue weighted by molar-refractivity contribution is 0.122. The first kappa shape index (κ1) is 31.3. The number of rotatable bonds is 7. The average molecular weight is 654 g/mol. The fraction of sp³-hybridized carbons (Fsp3) is 0.302. The highest BCUT2D eigenvalue weighted by Gasteiger charge is 2.44. The molecule has 250 valence electrons. The zero-order chi connectivity index (χ0) is 33.9. The summed E-state index contributed by atoms with van der Waals surface area (Å²) in [6, 6.07) is 27.9. The normalized spacial score (nSPS) is 16.8. The average Bonchev–Trinajstić information content (AvgIpc) is 3.40. The summed E-state index contributed by atoms with van der Waals surface area (Å²) in [7, 11) is 5.14. The Morgan fingerprint density at radius 1 is 0.755 bits per heavy atom. The molecule has 0 radical (unpaired) electrons. The van der Waals surface area contributed by atoms with Crippen LogP contribution in [-0.4, -0.2) is 47.6 Å². The summed E-state index contributed by atoms with van der Waals surface area (Å²) >= 11 is 0. The molecule has 6 nitrogen and oxygen atoms in total. The van der Waals surface area contributed by atoms with Gasteiger partial charge in [0.25, 0.3) is 0 Å². The van der Waals surface area contributed by atoms with Crippen molar-refractivity contribution in [3.63, 3.8) is 0 Å². The first-order valence-corrected chi connectivity index (χ1v) is 17.2. The summed E-state index contributed by atoms with van der Waals surface area (Å²) in [5.41, 5.74) is 9.61. The van der Waals surface area contributed by atoms with E-state index in [1.54, 1.807) is 21.3 Å². The molecule has 0 amide bonds. The number of morpholine rings is 1. The first-order chi connectivity index (χ1) is 23.8. The predicted molar refractivity (Wildman–Crippen MR) is 197 cm³/mol. The van der Waals surface area contributed by atoms with Gasteiger partial charge in [0.2, 0.25) is 0 Å². The second-order valence-corrected chi connectivity index (χ2v) is 13.6. The Morgan fingerprint density at radius 2 is 1.41 bits per heavy atom. The maximum Gasteiger partial charge on any atom is 0.178 e. The second-order valence-electron chi connectivity index (χ2n) is 13.6. The van der Waals surface area contributed by atoms with Gasteiger partial charge >= 0.3 is 0 Å². The number of ether oxygens (including phenoxy) is 5. The molecule has 1 aliphatic carbocycles. The lowest BCUT2D eigenvalue weighted by Gasteiger charge is -2.39. The van der Waals surface area contributed by atoms with Crippen molar-refractivity contribution in [2.45, 2.75) is 38.2 Å². The van der Waals surface area contributed by atoms with Gasteiger partial charge in [-0.15, -0.1) is 0 Å². The van der Waals surface area contributed by atoms with Gasteiger partial charge in [0.15, 0.2) is 5.60 Å². The van der Waals surface area contributed by atoms with Gasteiger partial charge in [0.1, 0.15) is 23.0 Å². The molecule has 0 bridgehead atoms. The third-order valence-corrected chi connectivity index (χ3v) is 10.8. The van der Waals surface area contributed by atoms with Gasteiger partial charge in [-0.05, 0) is 82.1 Å². The highest BCUT2D eigenvalue weighted by molar-refractivity contribution is 6.10. The Balaban J connectivity index is 1.44. The Labute approximate surface area is 288 Å². The lowest BCUT2D eigenvalue weighted by atomic mass is 9.76. The molecule has 0 N–H and O–H groups in total. The molecule has 0 unspecified atom stereocenters. The van der Waals surface area contributed by atoms with Gasteiger partial charge in [-0.25, -0.2) is 0 Å². The lowest BCUT2D eigenvalue weighted by Crippen LogP contribution is -2.36. The van der Waals surface area contributed by atoms with E-state index < -0.39 is 5.60 Å². The van der Waals surface area contributed by atoms with Crippen molar-refractivity contribution in [3.8, 4) is 34.1 Å². The van der Waals surface area contributed by atoms with Crippen molar-refractivity contribution in [2.24, 2.45) is 0 Å². The van der Waals surface area contributed by atoms with Crippen molar-refractivity contribution in [2.75, 3.05) is 52.5 Å². The Hall–Kier alpha value is -4.94. The van der Waals surface area contributed by atoms with E-state index >= 15 is 0 Å². The van der Waals surface area contributed by atoms with Crippen LogP contribution in [0.2, 0.25) is 0 Å². The van der Waals surface area contributed by atoms with E-state index in [9.17, 15) is 0 Å². The summed E-state index contributed by atoms with van der Waals surface area (Å²) in [6.07, 6.45) is 5.51. The molecule has 5 aromatic rings. The monoisotopic (exact) mass is 653 g/mol. The van der Waals surface area contributed by atoms with E-state index in [4.69, 9.17) is 23.7 Å². The smallest absolute Gasteiger partial charge is 0.178 e. The van der Waals surface area contributed by atoms with E-state index in [0.29, 0.717) is 13.2 Å². The molecule has 1 saturated heterocycles. The predicted octanol–water partition coefficient (Wildman–Crippen LogP) is 8.92. The molecule has 2 heterocycles. The van der Waals surface area contributed by atoms with E-state index in [1.807, 2.05) is 24.3 Å². The van der Waals surface area contributed by atoms with Crippen molar-refractivity contribution in [3.05, 3.63) is 118 Å². The van der Waals surface area contributed by atoms with E-state index in [1.165, 1.54) is 33.2 Å². The fourth-order valence-corrected chi connectivity index (χ4v) is 8.13. The minimum Gasteiger partial charge on any atom is -0.497 e. The van der Waals surface area contributed by atoms with Crippen molar-refractivity contribution in [1.82, 2.24) is 0 Å². The maximum absolute atomic E-state index is 7.54. The summed E-state index contributed by atoms with van der Waals surface area (Å²) in [5.74, 6) is 3.27. The minimum atomic E-state index is -0.909. The molecule has 2 aliphatic heterocycles. The minimum absolute atomic E-state index is 0.249. The van der Waals surface area contributed by atoms with Crippen LogP contribution in [0.4, 0.5) is 5.69 Å².